The summed E-state index contributed by atoms with van der Waals surface area (Å²) < 4.78 is 5.77. The van der Waals surface area contributed by atoms with Crippen molar-refractivity contribution in [1.82, 2.24) is 10.2 Å². The molecule has 2 saturated heterocycles. The van der Waals surface area contributed by atoms with Gasteiger partial charge in [-0.05, 0) is 38.8 Å². The Hall–Kier alpha value is -1.59. The fourth-order valence-corrected chi connectivity index (χ4v) is 3.97. The Labute approximate surface area is 151 Å². The number of nitrogens with zero attached hydrogens (tertiary/aromatic N) is 2. The molecule has 2 fully saturated rings. The molecule has 1 amide bonds. The average molecular weight is 345 g/mol. The highest BCUT2D eigenvalue weighted by atomic mass is 16.5. The van der Waals surface area contributed by atoms with Gasteiger partial charge in [-0.15, -0.1) is 0 Å². The summed E-state index contributed by atoms with van der Waals surface area (Å²) in [5.41, 5.74) is 1.25. The smallest absolute Gasteiger partial charge is 0.223 e. The van der Waals surface area contributed by atoms with Crippen molar-refractivity contribution in [2.24, 2.45) is 0 Å². The third kappa shape index (κ3) is 5.19. The maximum absolute atomic E-state index is 12.5. The number of piperazine rings is 1. The normalized spacial score (nSPS) is 27.4. The monoisotopic (exact) mass is 345 g/mol. The molecule has 5 nitrogen and oxygen atoms in total. The Morgan fingerprint density at radius 3 is 2.36 bits per heavy atom. The van der Waals surface area contributed by atoms with Gasteiger partial charge in [0.05, 0.1) is 12.2 Å². The standard InChI is InChI=1S/C20H31N3O2/c1-16-14-18(15-17(2)25-16)21-9-8-20(24)23-12-10-22(11-13-23)19-6-4-3-5-7-19/h3-7,16-18,21H,8-15H2,1-2H3/t16-,17+,18?. The predicted molar refractivity (Wildman–Crippen MR) is 101 cm³/mol. The van der Waals surface area contributed by atoms with Gasteiger partial charge in [-0.3, -0.25) is 4.79 Å². The van der Waals surface area contributed by atoms with Gasteiger partial charge < -0.3 is 19.9 Å². The van der Waals surface area contributed by atoms with Crippen LogP contribution in [0.3, 0.4) is 0 Å². The highest BCUT2D eigenvalue weighted by Crippen LogP contribution is 2.19. The van der Waals surface area contributed by atoms with E-state index < -0.39 is 0 Å². The van der Waals surface area contributed by atoms with Crippen LogP contribution in [0.25, 0.3) is 0 Å². The number of carbonyl (C=O) groups is 1. The van der Waals surface area contributed by atoms with Gasteiger partial charge in [0.25, 0.3) is 0 Å². The summed E-state index contributed by atoms with van der Waals surface area (Å²) in [6, 6.07) is 10.9. The lowest BCUT2D eigenvalue weighted by atomic mass is 10.00. The van der Waals surface area contributed by atoms with Crippen LogP contribution in [-0.2, 0) is 9.53 Å². The molecule has 1 unspecified atom stereocenters. The van der Waals surface area contributed by atoms with Crippen molar-refractivity contribution in [3.63, 3.8) is 0 Å². The molecule has 2 aliphatic heterocycles. The summed E-state index contributed by atoms with van der Waals surface area (Å²) >= 11 is 0. The number of para-hydroxylation sites is 1. The van der Waals surface area contributed by atoms with E-state index in [0.29, 0.717) is 24.7 Å². The first-order valence-electron chi connectivity index (χ1n) is 9.58. The average Bonchev–Trinajstić information content (AvgIpc) is 2.62. The number of rotatable bonds is 5. The lowest BCUT2D eigenvalue weighted by Gasteiger charge is -2.36. The largest absolute Gasteiger partial charge is 0.375 e. The van der Waals surface area contributed by atoms with Crippen molar-refractivity contribution in [2.75, 3.05) is 37.6 Å². The van der Waals surface area contributed by atoms with Crippen LogP contribution >= 0.6 is 0 Å². The predicted octanol–water partition coefficient (Wildman–Crippen LogP) is 2.27. The minimum Gasteiger partial charge on any atom is -0.375 e. The number of ether oxygens (including phenoxy) is 1. The van der Waals surface area contributed by atoms with Crippen molar-refractivity contribution in [2.45, 2.75) is 51.4 Å². The van der Waals surface area contributed by atoms with Crippen LogP contribution in [0.1, 0.15) is 33.1 Å². The minimum absolute atomic E-state index is 0.272. The van der Waals surface area contributed by atoms with Gasteiger partial charge in [-0.1, -0.05) is 18.2 Å². The maximum Gasteiger partial charge on any atom is 0.223 e. The van der Waals surface area contributed by atoms with Gasteiger partial charge >= 0.3 is 0 Å². The molecule has 1 aromatic rings. The van der Waals surface area contributed by atoms with Gasteiger partial charge in [0.15, 0.2) is 0 Å². The fraction of sp³-hybridized carbons (Fsp3) is 0.650. The van der Waals surface area contributed by atoms with E-state index in [1.807, 2.05) is 11.0 Å². The Balaban J connectivity index is 1.37. The van der Waals surface area contributed by atoms with Gasteiger partial charge in [0.1, 0.15) is 0 Å². The third-order valence-corrected chi connectivity index (χ3v) is 5.22. The maximum atomic E-state index is 12.5. The van der Waals surface area contributed by atoms with E-state index in [9.17, 15) is 4.79 Å². The molecule has 0 aliphatic carbocycles. The van der Waals surface area contributed by atoms with Crippen LogP contribution in [0.2, 0.25) is 0 Å². The zero-order chi connectivity index (χ0) is 17.6. The summed E-state index contributed by atoms with van der Waals surface area (Å²) in [7, 11) is 0. The van der Waals surface area contributed by atoms with Crippen molar-refractivity contribution >= 4 is 11.6 Å². The molecule has 0 radical (unpaired) electrons. The van der Waals surface area contributed by atoms with Crippen molar-refractivity contribution in [3.05, 3.63) is 30.3 Å². The van der Waals surface area contributed by atoms with Crippen LogP contribution in [0.5, 0.6) is 0 Å². The summed E-state index contributed by atoms with van der Waals surface area (Å²) in [5.74, 6) is 0.272. The summed E-state index contributed by atoms with van der Waals surface area (Å²) in [6.45, 7) is 8.49. The number of anilines is 1. The Morgan fingerprint density at radius 1 is 1.08 bits per heavy atom. The lowest BCUT2D eigenvalue weighted by Crippen LogP contribution is -2.49. The van der Waals surface area contributed by atoms with Gasteiger partial charge in [-0.2, -0.15) is 0 Å². The summed E-state index contributed by atoms with van der Waals surface area (Å²) in [4.78, 5) is 16.8. The van der Waals surface area contributed by atoms with Gasteiger partial charge in [0.2, 0.25) is 5.91 Å². The molecule has 2 heterocycles. The molecule has 0 spiro atoms. The van der Waals surface area contributed by atoms with Crippen molar-refractivity contribution < 1.29 is 9.53 Å². The second-order valence-corrected chi connectivity index (χ2v) is 7.33. The number of hydrogen-bond acceptors (Lipinski definition) is 4. The van der Waals surface area contributed by atoms with Crippen molar-refractivity contribution in [1.29, 1.82) is 0 Å². The third-order valence-electron chi connectivity index (χ3n) is 5.22. The van der Waals surface area contributed by atoms with Crippen LogP contribution in [0.4, 0.5) is 5.69 Å². The summed E-state index contributed by atoms with van der Waals surface area (Å²) in [6.07, 6.45) is 3.28. The van der Waals surface area contributed by atoms with Crippen LogP contribution < -0.4 is 10.2 Å². The molecule has 0 bridgehead atoms. The fourth-order valence-electron chi connectivity index (χ4n) is 3.97. The van der Waals surface area contributed by atoms with E-state index in [1.165, 1.54) is 5.69 Å². The first-order chi connectivity index (χ1) is 12.1. The first kappa shape index (κ1) is 18.2. The molecule has 3 rings (SSSR count). The Kier molecular flexibility index (Phi) is 6.32. The number of amides is 1. The molecule has 2 aliphatic rings. The molecule has 0 aromatic heterocycles. The molecule has 3 atom stereocenters. The van der Waals surface area contributed by atoms with Gasteiger partial charge in [-0.25, -0.2) is 0 Å². The first-order valence-corrected chi connectivity index (χ1v) is 9.58. The molecule has 0 saturated carbocycles. The van der Waals surface area contributed by atoms with E-state index in [1.54, 1.807) is 0 Å². The zero-order valence-electron chi connectivity index (χ0n) is 15.5. The highest BCUT2D eigenvalue weighted by Gasteiger charge is 2.25. The van der Waals surface area contributed by atoms with E-state index >= 15 is 0 Å². The zero-order valence-corrected chi connectivity index (χ0v) is 15.5. The van der Waals surface area contributed by atoms with E-state index in [0.717, 1.165) is 45.6 Å². The van der Waals surface area contributed by atoms with Crippen LogP contribution in [0, 0.1) is 0 Å². The Morgan fingerprint density at radius 2 is 1.72 bits per heavy atom. The molecule has 5 heteroatoms. The van der Waals surface area contributed by atoms with E-state index in [2.05, 4.69) is 48.3 Å². The molecule has 138 valence electrons. The number of carbonyl (C=O) groups excluding carboxylic acids is 1. The SMILES string of the molecule is C[C@@H]1CC(NCCC(=O)N2CCN(c3ccccc3)CC2)C[C@H](C)O1. The molecule has 25 heavy (non-hydrogen) atoms. The second kappa shape index (κ2) is 8.68. The molecule has 1 aromatic carbocycles. The van der Waals surface area contributed by atoms with Gasteiger partial charge in [0, 0.05) is 50.9 Å². The Bertz CT molecular complexity index is 533. The lowest BCUT2D eigenvalue weighted by molar-refractivity contribution is -0.131. The quantitative estimate of drug-likeness (QED) is 0.889. The highest BCUT2D eigenvalue weighted by molar-refractivity contribution is 5.76. The molecular formula is C20H31N3O2. The van der Waals surface area contributed by atoms with E-state index in [4.69, 9.17) is 4.74 Å². The number of benzene rings is 1. The number of hydrogen-bond donors (Lipinski definition) is 1. The second-order valence-electron chi connectivity index (χ2n) is 7.33. The summed E-state index contributed by atoms with van der Waals surface area (Å²) in [5, 5.41) is 3.55. The van der Waals surface area contributed by atoms with Crippen molar-refractivity contribution in [3.8, 4) is 0 Å². The van der Waals surface area contributed by atoms with E-state index in [-0.39, 0.29) is 5.91 Å². The number of nitrogens with one attached hydrogen (secondary N) is 1. The van der Waals surface area contributed by atoms with Crippen LogP contribution in [0.15, 0.2) is 30.3 Å². The minimum atomic E-state index is 0.272. The molecular weight excluding hydrogens is 314 g/mol. The topological polar surface area (TPSA) is 44.8 Å². The van der Waals surface area contributed by atoms with Crippen LogP contribution in [-0.4, -0.2) is 61.8 Å². The molecule has 1 N–H and O–H groups in total.